The van der Waals surface area contributed by atoms with Gasteiger partial charge < -0.3 is 5.32 Å². The minimum atomic E-state index is -3.20. The van der Waals surface area contributed by atoms with Gasteiger partial charge in [0.05, 0.1) is 11.5 Å². The molecule has 20 heavy (non-hydrogen) atoms. The first-order valence-electron chi connectivity index (χ1n) is 5.94. The molecule has 1 aliphatic rings. The quantitative estimate of drug-likeness (QED) is 0.869. The van der Waals surface area contributed by atoms with E-state index in [9.17, 15) is 22.0 Å². The zero-order valence-electron chi connectivity index (χ0n) is 10.3. The molecule has 0 aliphatic carbocycles. The summed E-state index contributed by atoms with van der Waals surface area (Å²) in [5.41, 5.74) is -0.698. The van der Waals surface area contributed by atoms with Crippen LogP contribution < -0.4 is 5.32 Å². The van der Waals surface area contributed by atoms with Crippen LogP contribution in [0, 0.1) is 11.6 Å². The molecule has 8 heteroatoms. The van der Waals surface area contributed by atoms with Gasteiger partial charge in [-0.2, -0.15) is 0 Å². The van der Waals surface area contributed by atoms with E-state index >= 15 is 0 Å². The molecule has 1 fully saturated rings. The largest absolute Gasteiger partial charge is 0.348 e. The van der Waals surface area contributed by atoms with Crippen LogP contribution in [-0.4, -0.2) is 31.9 Å². The molecule has 0 radical (unpaired) electrons. The van der Waals surface area contributed by atoms with Crippen molar-refractivity contribution in [1.82, 2.24) is 5.32 Å². The summed E-state index contributed by atoms with van der Waals surface area (Å²) in [5, 5.41) is 2.38. The van der Waals surface area contributed by atoms with E-state index in [4.69, 9.17) is 0 Å². The molecule has 1 atom stereocenters. The fourth-order valence-electron chi connectivity index (χ4n) is 2.15. The zero-order chi connectivity index (χ0) is 14.9. The molecule has 1 aliphatic heterocycles. The highest BCUT2D eigenvalue weighted by molar-refractivity contribution is 9.10. The minimum absolute atomic E-state index is 0.0837. The lowest BCUT2D eigenvalue weighted by atomic mass is 10.1. The number of hydrogen-bond acceptors (Lipinski definition) is 3. The Hall–Kier alpha value is -1.02. The Morgan fingerprint density at radius 3 is 2.45 bits per heavy atom. The second-order valence-electron chi connectivity index (χ2n) is 4.67. The third kappa shape index (κ3) is 3.54. The van der Waals surface area contributed by atoms with E-state index in [1.54, 1.807) is 0 Å². The van der Waals surface area contributed by atoms with Crippen molar-refractivity contribution in [3.05, 3.63) is 33.8 Å². The molecule has 4 nitrogen and oxygen atoms in total. The number of benzene rings is 1. The Morgan fingerprint density at radius 1 is 1.30 bits per heavy atom. The summed E-state index contributed by atoms with van der Waals surface area (Å²) >= 11 is 2.92. The maximum Gasteiger partial charge on any atom is 0.257 e. The summed E-state index contributed by atoms with van der Waals surface area (Å²) in [7, 11) is -3.20. The Morgan fingerprint density at radius 2 is 1.90 bits per heavy atom. The van der Waals surface area contributed by atoms with Crippen molar-refractivity contribution in [1.29, 1.82) is 0 Å². The van der Waals surface area contributed by atoms with E-state index in [0.717, 1.165) is 12.1 Å². The van der Waals surface area contributed by atoms with Crippen LogP contribution in [0.4, 0.5) is 8.78 Å². The predicted molar refractivity (Wildman–Crippen MR) is 73.2 cm³/mol. The summed E-state index contributed by atoms with van der Waals surface area (Å²) in [6.07, 6.45) is 0.906. The van der Waals surface area contributed by atoms with Crippen molar-refractivity contribution in [2.75, 3.05) is 11.5 Å². The summed E-state index contributed by atoms with van der Waals surface area (Å²) in [4.78, 5) is 11.9. The highest BCUT2D eigenvalue weighted by Crippen LogP contribution is 2.20. The van der Waals surface area contributed by atoms with Gasteiger partial charge in [-0.25, -0.2) is 17.2 Å². The first-order valence-corrected chi connectivity index (χ1v) is 8.56. The van der Waals surface area contributed by atoms with Crippen LogP contribution in [0.3, 0.4) is 0 Å². The smallest absolute Gasteiger partial charge is 0.257 e. The molecule has 1 amide bonds. The van der Waals surface area contributed by atoms with Gasteiger partial charge in [-0.3, -0.25) is 4.79 Å². The molecule has 2 rings (SSSR count). The molecule has 1 aromatic carbocycles. The highest BCUT2D eigenvalue weighted by Gasteiger charge is 2.28. The molecule has 1 unspecified atom stereocenters. The van der Waals surface area contributed by atoms with Crippen molar-refractivity contribution >= 4 is 31.7 Å². The van der Waals surface area contributed by atoms with Crippen LogP contribution in [0.2, 0.25) is 0 Å². The average molecular weight is 368 g/mol. The average Bonchev–Trinajstić information content (AvgIpc) is 2.25. The number of nitrogens with one attached hydrogen (secondary N) is 1. The van der Waals surface area contributed by atoms with E-state index in [1.165, 1.54) is 0 Å². The number of amides is 1. The van der Waals surface area contributed by atoms with Gasteiger partial charge in [-0.1, -0.05) is 15.9 Å². The number of hydrogen-bond donors (Lipinski definition) is 1. The summed E-state index contributed by atoms with van der Waals surface area (Å²) in [6, 6.07) is 1.36. The van der Waals surface area contributed by atoms with Gasteiger partial charge >= 0.3 is 0 Å². The molecule has 0 saturated carbocycles. The minimum Gasteiger partial charge on any atom is -0.348 e. The van der Waals surface area contributed by atoms with E-state index < -0.39 is 39.0 Å². The van der Waals surface area contributed by atoms with Crippen LogP contribution in [0.25, 0.3) is 0 Å². The number of rotatable bonds is 2. The molecule has 110 valence electrons. The van der Waals surface area contributed by atoms with Crippen LogP contribution >= 0.6 is 15.9 Å². The number of carbonyl (C=O) groups excluding carboxylic acids is 1. The van der Waals surface area contributed by atoms with Crippen LogP contribution in [0.15, 0.2) is 16.6 Å². The van der Waals surface area contributed by atoms with Gasteiger partial charge in [0.2, 0.25) is 0 Å². The SMILES string of the molecule is O=C(NC1CCCS(=O)(=O)C1)c1c(F)cc(Br)cc1F. The first-order chi connectivity index (χ1) is 9.28. The maximum atomic E-state index is 13.6. The summed E-state index contributed by atoms with van der Waals surface area (Å²) in [5.74, 6) is -3.03. The third-order valence-electron chi connectivity index (χ3n) is 3.03. The molecule has 1 saturated heterocycles. The molecule has 0 aromatic heterocycles. The van der Waals surface area contributed by atoms with Gasteiger partial charge in [0.15, 0.2) is 9.84 Å². The number of carbonyl (C=O) groups is 1. The highest BCUT2D eigenvalue weighted by atomic mass is 79.9. The Balaban J connectivity index is 2.17. The topological polar surface area (TPSA) is 63.2 Å². The molecule has 0 bridgehead atoms. The Bertz CT molecular complexity index is 625. The van der Waals surface area contributed by atoms with Crippen molar-refractivity contribution in [2.45, 2.75) is 18.9 Å². The van der Waals surface area contributed by atoms with Crippen molar-refractivity contribution < 1.29 is 22.0 Å². The lowest BCUT2D eigenvalue weighted by Gasteiger charge is -2.23. The monoisotopic (exact) mass is 367 g/mol. The van der Waals surface area contributed by atoms with Crippen LogP contribution in [0.5, 0.6) is 0 Å². The summed E-state index contributed by atoms with van der Waals surface area (Å²) in [6.45, 7) is 0. The zero-order valence-corrected chi connectivity index (χ0v) is 12.7. The van der Waals surface area contributed by atoms with Gasteiger partial charge in [-0.15, -0.1) is 0 Å². The third-order valence-corrected chi connectivity index (χ3v) is 5.31. The lowest BCUT2D eigenvalue weighted by Crippen LogP contribution is -2.43. The normalized spacial score (nSPS) is 21.4. The molecule has 1 heterocycles. The second kappa shape index (κ2) is 5.77. The Labute approximate surface area is 123 Å². The van der Waals surface area contributed by atoms with E-state index in [1.807, 2.05) is 0 Å². The lowest BCUT2D eigenvalue weighted by molar-refractivity contribution is 0.0929. The van der Waals surface area contributed by atoms with Crippen molar-refractivity contribution in [3.63, 3.8) is 0 Å². The predicted octanol–water partition coefficient (Wildman–Crippen LogP) is 2.03. The second-order valence-corrected chi connectivity index (χ2v) is 7.82. The molecule has 1 N–H and O–H groups in total. The van der Waals surface area contributed by atoms with Gasteiger partial charge in [-0.05, 0) is 25.0 Å². The van der Waals surface area contributed by atoms with Gasteiger partial charge in [0.1, 0.15) is 17.2 Å². The van der Waals surface area contributed by atoms with E-state index in [-0.39, 0.29) is 16.0 Å². The fourth-order valence-corrected chi connectivity index (χ4v) is 4.19. The molecular formula is C12H12BrF2NO3S. The Kier molecular flexibility index (Phi) is 4.43. The summed E-state index contributed by atoms with van der Waals surface area (Å²) < 4.78 is 50.3. The number of sulfone groups is 1. The fraction of sp³-hybridized carbons (Fsp3) is 0.417. The molecule has 1 aromatic rings. The standard InChI is InChI=1S/C12H12BrF2NO3S/c13-7-4-9(14)11(10(15)5-7)12(17)16-8-2-1-3-20(18,19)6-8/h4-5,8H,1-3,6H2,(H,16,17). The van der Waals surface area contributed by atoms with Crippen molar-refractivity contribution in [3.8, 4) is 0 Å². The van der Waals surface area contributed by atoms with E-state index in [2.05, 4.69) is 21.2 Å². The van der Waals surface area contributed by atoms with Crippen LogP contribution in [-0.2, 0) is 9.84 Å². The first kappa shape index (κ1) is 15.4. The van der Waals surface area contributed by atoms with Gasteiger partial charge in [0, 0.05) is 10.5 Å². The molecular weight excluding hydrogens is 356 g/mol. The van der Waals surface area contributed by atoms with Crippen LogP contribution in [0.1, 0.15) is 23.2 Å². The molecule has 0 spiro atoms. The van der Waals surface area contributed by atoms with E-state index in [0.29, 0.717) is 12.8 Å². The van der Waals surface area contributed by atoms with Crippen molar-refractivity contribution in [2.24, 2.45) is 0 Å². The number of halogens is 3. The van der Waals surface area contributed by atoms with Gasteiger partial charge in [0.25, 0.3) is 5.91 Å². The maximum absolute atomic E-state index is 13.6.